The second-order valence-corrected chi connectivity index (χ2v) is 13.1. The highest BCUT2D eigenvalue weighted by Crippen LogP contribution is 2.39. The first-order valence-corrected chi connectivity index (χ1v) is 11.7. The third kappa shape index (κ3) is 3.86. The van der Waals surface area contributed by atoms with Crippen molar-refractivity contribution in [1.82, 2.24) is 5.32 Å². The summed E-state index contributed by atoms with van der Waals surface area (Å²) in [6, 6.07) is -0.227. The molecule has 1 amide bonds. The van der Waals surface area contributed by atoms with E-state index in [2.05, 4.69) is 39.2 Å². The van der Waals surface area contributed by atoms with E-state index in [0.717, 1.165) is 0 Å². The van der Waals surface area contributed by atoms with Crippen LogP contribution in [0, 0.1) is 5.92 Å². The van der Waals surface area contributed by atoms with Crippen LogP contribution in [0.25, 0.3) is 0 Å². The van der Waals surface area contributed by atoms with Gasteiger partial charge in [-0.25, -0.2) is 0 Å². The molecule has 7 heteroatoms. The van der Waals surface area contributed by atoms with Crippen LogP contribution < -0.4 is 5.32 Å². The van der Waals surface area contributed by atoms with Crippen LogP contribution in [0.3, 0.4) is 0 Å². The van der Waals surface area contributed by atoms with E-state index >= 15 is 0 Å². The number of ether oxygens (including phenoxy) is 1. The molecule has 0 aromatic carbocycles. The fraction of sp³-hybridized carbons (Fsp3) is 0.867. The summed E-state index contributed by atoms with van der Waals surface area (Å²) in [7, 11) is -0.584. The van der Waals surface area contributed by atoms with Gasteiger partial charge in [0.2, 0.25) is 5.91 Å². The van der Waals surface area contributed by atoms with Gasteiger partial charge in [-0.05, 0) is 31.3 Å². The van der Waals surface area contributed by atoms with Crippen molar-refractivity contribution in [2.45, 2.75) is 63.2 Å². The normalized spacial score (nSPS) is 25.0. The zero-order valence-corrected chi connectivity index (χ0v) is 16.7. The predicted molar refractivity (Wildman–Crippen MR) is 92.5 cm³/mol. The molecular weight excluding hydrogens is 318 g/mol. The lowest BCUT2D eigenvalue weighted by Crippen LogP contribution is -2.68. The molecule has 0 aromatic heterocycles. The molecule has 0 radical (unpaired) electrons. The quantitative estimate of drug-likeness (QED) is 0.454. The smallest absolute Gasteiger partial charge is 0.320 e. The number of methoxy groups -OCH3 is 1. The van der Waals surface area contributed by atoms with Crippen molar-refractivity contribution in [2.24, 2.45) is 5.92 Å². The molecule has 1 aliphatic heterocycles. The van der Waals surface area contributed by atoms with E-state index in [4.69, 9.17) is 9.16 Å². The second-order valence-electron chi connectivity index (χ2n) is 7.32. The molecule has 0 saturated carbocycles. The first-order valence-electron chi connectivity index (χ1n) is 7.55. The molecule has 4 atom stereocenters. The molecule has 1 saturated heterocycles. The summed E-state index contributed by atoms with van der Waals surface area (Å²) in [5.41, 5.74) is 0. The molecule has 1 unspecified atom stereocenters. The van der Waals surface area contributed by atoms with Crippen LogP contribution in [0.2, 0.25) is 18.1 Å². The number of carbonyl (C=O) groups is 2. The van der Waals surface area contributed by atoms with Crippen molar-refractivity contribution in [3.63, 3.8) is 0 Å². The zero-order valence-electron chi connectivity index (χ0n) is 14.9. The van der Waals surface area contributed by atoms with E-state index in [1.54, 1.807) is 0 Å². The minimum Gasteiger partial charge on any atom is -0.468 e. The van der Waals surface area contributed by atoms with Crippen molar-refractivity contribution in [3.05, 3.63) is 0 Å². The van der Waals surface area contributed by atoms with E-state index in [0.29, 0.717) is 0 Å². The van der Waals surface area contributed by atoms with E-state index in [-0.39, 0.29) is 35.0 Å². The van der Waals surface area contributed by atoms with E-state index in [9.17, 15) is 9.59 Å². The first-order chi connectivity index (χ1) is 9.96. The number of hydrogen-bond acceptors (Lipinski definition) is 5. The summed E-state index contributed by atoms with van der Waals surface area (Å²) >= 11 is 1.40. The molecular formula is C15H29NO4SSi. The number of hydrogen-bond donors (Lipinski definition) is 1. The van der Waals surface area contributed by atoms with Gasteiger partial charge in [0.1, 0.15) is 5.25 Å². The van der Waals surface area contributed by atoms with Crippen molar-refractivity contribution < 1.29 is 18.8 Å². The van der Waals surface area contributed by atoms with Gasteiger partial charge in [-0.15, -0.1) is 11.8 Å². The topological polar surface area (TPSA) is 64.6 Å². The molecule has 1 aliphatic rings. The van der Waals surface area contributed by atoms with Crippen LogP contribution in [-0.2, 0) is 18.8 Å². The molecule has 0 aromatic rings. The fourth-order valence-electron chi connectivity index (χ4n) is 2.41. The minimum absolute atomic E-state index is 0.0424. The number of esters is 1. The Morgan fingerprint density at radius 2 is 1.91 bits per heavy atom. The Hall–Kier alpha value is -0.533. The van der Waals surface area contributed by atoms with Gasteiger partial charge in [0.25, 0.3) is 0 Å². The average molecular weight is 348 g/mol. The Labute approximate surface area is 139 Å². The molecule has 0 spiro atoms. The molecule has 1 heterocycles. The third-order valence-corrected chi connectivity index (χ3v) is 10.4. The fourth-order valence-corrected chi connectivity index (χ4v) is 4.66. The van der Waals surface area contributed by atoms with Gasteiger partial charge in [0.05, 0.1) is 25.2 Å². The third-order valence-electron chi connectivity index (χ3n) is 4.80. The largest absolute Gasteiger partial charge is 0.468 e. The predicted octanol–water partition coefficient (Wildman–Crippen LogP) is 2.42. The highest BCUT2D eigenvalue weighted by Gasteiger charge is 2.51. The van der Waals surface area contributed by atoms with Gasteiger partial charge in [-0.2, -0.15) is 0 Å². The van der Waals surface area contributed by atoms with Crippen LogP contribution in [0.15, 0.2) is 0 Å². The van der Waals surface area contributed by atoms with Crippen molar-refractivity contribution in [3.8, 4) is 0 Å². The number of thioether (sulfide) groups is 1. The molecule has 22 heavy (non-hydrogen) atoms. The van der Waals surface area contributed by atoms with Gasteiger partial charge in [-0.1, -0.05) is 20.8 Å². The molecule has 1 fully saturated rings. The van der Waals surface area contributed by atoms with Crippen LogP contribution >= 0.6 is 11.8 Å². The van der Waals surface area contributed by atoms with Crippen LogP contribution in [0.4, 0.5) is 0 Å². The maximum atomic E-state index is 12.0. The van der Waals surface area contributed by atoms with Gasteiger partial charge in [0, 0.05) is 0 Å². The lowest BCUT2D eigenvalue weighted by molar-refractivity contribution is -0.146. The standard InChI is InChI=1S/C15H29NO4SSi/c1-9(20-22(7,8)15(2,3)4)10-11(16-13(10)17)12(21-6)14(18)19-5/h9-12H,1-8H3,(H,16,17)/t9-,10-,11+,12?/m1/s1. The summed E-state index contributed by atoms with van der Waals surface area (Å²) in [5, 5.41) is 2.53. The van der Waals surface area contributed by atoms with Crippen molar-refractivity contribution in [1.29, 1.82) is 0 Å². The Bertz CT molecular complexity index is 436. The lowest BCUT2D eigenvalue weighted by atomic mass is 9.84. The summed E-state index contributed by atoms with van der Waals surface area (Å²) in [6.07, 6.45) is 1.64. The van der Waals surface area contributed by atoms with Gasteiger partial charge >= 0.3 is 5.97 Å². The Kier molecular flexibility index (Phi) is 6.14. The summed E-state index contributed by atoms with van der Waals surface area (Å²) in [4.78, 5) is 23.9. The van der Waals surface area contributed by atoms with E-state index in [1.165, 1.54) is 18.9 Å². The van der Waals surface area contributed by atoms with Crippen molar-refractivity contribution >= 4 is 32.0 Å². The Morgan fingerprint density at radius 1 is 1.36 bits per heavy atom. The van der Waals surface area contributed by atoms with Gasteiger partial charge < -0.3 is 14.5 Å². The number of carbonyl (C=O) groups excluding carboxylic acids is 2. The molecule has 128 valence electrons. The van der Waals surface area contributed by atoms with E-state index in [1.807, 2.05) is 13.2 Å². The summed E-state index contributed by atoms with van der Waals surface area (Å²) in [6.45, 7) is 12.8. The second kappa shape index (κ2) is 6.92. The van der Waals surface area contributed by atoms with Crippen LogP contribution in [0.5, 0.6) is 0 Å². The molecule has 5 nitrogen and oxygen atoms in total. The number of rotatable bonds is 6. The van der Waals surface area contributed by atoms with Gasteiger partial charge in [-0.3, -0.25) is 9.59 Å². The maximum absolute atomic E-state index is 12.0. The van der Waals surface area contributed by atoms with E-state index < -0.39 is 13.6 Å². The lowest BCUT2D eigenvalue weighted by Gasteiger charge is -2.46. The first kappa shape index (κ1) is 19.5. The number of nitrogens with one attached hydrogen (secondary N) is 1. The molecule has 1 N–H and O–H groups in total. The number of β-lactam (4-membered cyclic amide) rings is 1. The monoisotopic (exact) mass is 347 g/mol. The van der Waals surface area contributed by atoms with Crippen LogP contribution in [0.1, 0.15) is 27.7 Å². The molecule has 0 bridgehead atoms. The van der Waals surface area contributed by atoms with Crippen LogP contribution in [-0.4, -0.2) is 51.0 Å². The summed E-state index contributed by atoms with van der Waals surface area (Å²) in [5.74, 6) is -0.646. The SMILES string of the molecule is COC(=O)C(SC)[C@H]1NC(=O)[C@@H]1[C@@H](C)O[Si](C)(C)C(C)(C)C. The minimum atomic E-state index is -1.96. The Balaban J connectivity index is 2.85. The van der Waals surface area contributed by atoms with Gasteiger partial charge in [0.15, 0.2) is 8.32 Å². The number of amides is 1. The molecule has 0 aliphatic carbocycles. The maximum Gasteiger partial charge on any atom is 0.320 e. The average Bonchev–Trinajstić information content (AvgIpc) is 2.35. The Morgan fingerprint density at radius 3 is 2.27 bits per heavy atom. The molecule has 1 rings (SSSR count). The highest BCUT2D eigenvalue weighted by atomic mass is 32.2. The van der Waals surface area contributed by atoms with Crippen molar-refractivity contribution in [2.75, 3.05) is 13.4 Å². The zero-order chi connectivity index (χ0) is 17.3. The highest BCUT2D eigenvalue weighted by molar-refractivity contribution is 8.00. The summed E-state index contributed by atoms with van der Waals surface area (Å²) < 4.78 is 11.2.